The molecular weight excluding hydrogens is 275 g/mol. The molecule has 0 saturated carbocycles. The minimum atomic E-state index is 0.0476. The Kier molecular flexibility index (Phi) is 7.59. The topological polar surface area (TPSA) is 17.1 Å². The molecule has 13 heavy (non-hydrogen) atoms. The van der Waals surface area contributed by atoms with Crippen molar-refractivity contribution in [1.29, 1.82) is 0 Å². The third-order valence-electron chi connectivity index (χ3n) is 1.21. The highest BCUT2D eigenvalue weighted by Gasteiger charge is 1.85. The Balaban J connectivity index is 0.000000671. The zero-order valence-corrected chi connectivity index (χ0v) is 9.99. The molecule has 0 aromatic heterocycles. The van der Waals surface area contributed by atoms with E-state index in [9.17, 15) is 4.79 Å². The molecule has 0 bridgehead atoms. The zero-order valence-electron chi connectivity index (χ0n) is 7.83. The van der Waals surface area contributed by atoms with Crippen LogP contribution in [0.25, 0.3) is 6.08 Å². The minimum Gasteiger partial charge on any atom is -0.283 e. The van der Waals surface area contributed by atoms with Crippen LogP contribution in [0.2, 0.25) is 0 Å². The van der Waals surface area contributed by atoms with Crippen molar-refractivity contribution in [3.05, 3.63) is 42.0 Å². The van der Waals surface area contributed by atoms with Gasteiger partial charge in [-0.15, -0.1) is 0 Å². The first-order valence-electron chi connectivity index (χ1n) is 4.21. The number of hydrogen-bond donors (Lipinski definition) is 0. The molecule has 0 unspecified atom stereocenters. The Bertz CT molecular complexity index is 265. The van der Waals surface area contributed by atoms with Crippen LogP contribution in [0.5, 0.6) is 0 Å². The third-order valence-corrected chi connectivity index (χ3v) is 1.57. The summed E-state index contributed by atoms with van der Waals surface area (Å²) < 4.78 is 0.0476. The van der Waals surface area contributed by atoms with E-state index in [2.05, 4.69) is 0 Å². The van der Waals surface area contributed by atoms with Crippen LogP contribution in [0.4, 0.5) is 0 Å². The Labute approximate surface area is 93.0 Å². The lowest BCUT2D eigenvalue weighted by Gasteiger charge is -1.87. The van der Waals surface area contributed by atoms with Crippen molar-refractivity contribution in [3.63, 3.8) is 0 Å². The monoisotopic (exact) mass is 288 g/mol. The molecule has 0 aliphatic rings. The smallest absolute Gasteiger partial charge is 0.215 e. The molecule has 1 nitrogen and oxygen atoms in total. The molecule has 0 N–H and O–H groups in total. The normalized spacial score (nSPS) is 9.15. The number of benzene rings is 1. The number of carbonyl (C=O) groups is 1. The molecule has 0 aliphatic heterocycles. The van der Waals surface area contributed by atoms with Gasteiger partial charge >= 0.3 is 0 Å². The molecule has 1 aromatic rings. The van der Waals surface area contributed by atoms with Gasteiger partial charge in [-0.25, -0.2) is 0 Å². The van der Waals surface area contributed by atoms with Crippen molar-refractivity contribution in [3.8, 4) is 0 Å². The lowest BCUT2D eigenvalue weighted by molar-refractivity contribution is -0.105. The first-order valence-corrected chi connectivity index (χ1v) is 5.29. The van der Waals surface area contributed by atoms with Crippen molar-refractivity contribution in [1.82, 2.24) is 0 Å². The zero-order chi connectivity index (χ0) is 10.1. The van der Waals surface area contributed by atoms with Crippen molar-refractivity contribution < 1.29 is 4.79 Å². The van der Waals surface area contributed by atoms with Gasteiger partial charge in [-0.2, -0.15) is 0 Å². The maximum atomic E-state index is 10.5. The van der Waals surface area contributed by atoms with Gasteiger partial charge in [0, 0.05) is 22.6 Å². The van der Waals surface area contributed by atoms with Crippen molar-refractivity contribution in [2.45, 2.75) is 13.8 Å². The number of hydrogen-bond acceptors (Lipinski definition) is 1. The molecule has 1 aromatic carbocycles. The quantitative estimate of drug-likeness (QED) is 0.461. The molecule has 1 rings (SSSR count). The van der Waals surface area contributed by atoms with Crippen LogP contribution in [0.3, 0.4) is 0 Å². The maximum Gasteiger partial charge on any atom is 0.215 e. The van der Waals surface area contributed by atoms with E-state index in [-0.39, 0.29) is 3.79 Å². The molecule has 2 heteroatoms. The fourth-order valence-electron chi connectivity index (χ4n) is 0.726. The Morgan fingerprint density at radius 2 is 1.77 bits per heavy atom. The molecule has 0 radical (unpaired) electrons. The van der Waals surface area contributed by atoms with Gasteiger partial charge in [0.15, 0.2) is 0 Å². The summed E-state index contributed by atoms with van der Waals surface area (Å²) in [6, 6.07) is 9.74. The molecule has 0 saturated heterocycles. The van der Waals surface area contributed by atoms with Crippen LogP contribution in [0.1, 0.15) is 19.4 Å². The predicted octanol–water partition coefficient (Wildman–Crippen LogP) is 3.69. The van der Waals surface area contributed by atoms with Crippen molar-refractivity contribution in [2.75, 3.05) is 0 Å². The second-order valence-electron chi connectivity index (χ2n) is 2.05. The minimum absolute atomic E-state index is 0.0476. The van der Waals surface area contributed by atoms with E-state index in [1.165, 1.54) is 0 Å². The summed E-state index contributed by atoms with van der Waals surface area (Å²) in [6.45, 7) is 4.00. The summed E-state index contributed by atoms with van der Waals surface area (Å²) in [4.78, 5) is 10.5. The fourth-order valence-corrected chi connectivity index (χ4v) is 0.906. The Morgan fingerprint density at radius 1 is 1.23 bits per heavy atom. The number of allylic oxidation sites excluding steroid dienone is 1. The van der Waals surface area contributed by atoms with Gasteiger partial charge in [0.2, 0.25) is 3.79 Å². The van der Waals surface area contributed by atoms with Crippen molar-refractivity contribution >= 4 is 32.5 Å². The van der Waals surface area contributed by atoms with Gasteiger partial charge in [0.25, 0.3) is 0 Å². The average Bonchev–Trinajstić information content (AvgIpc) is 2.19. The fraction of sp³-hybridized carbons (Fsp3) is 0.182. The van der Waals surface area contributed by atoms with E-state index in [1.54, 1.807) is 34.7 Å². The van der Waals surface area contributed by atoms with Gasteiger partial charge in [-0.1, -0.05) is 50.3 Å². The van der Waals surface area contributed by atoms with Gasteiger partial charge in [0.1, 0.15) is 0 Å². The van der Waals surface area contributed by atoms with E-state index in [1.807, 2.05) is 44.2 Å². The lowest BCUT2D eigenvalue weighted by Crippen LogP contribution is -1.74. The summed E-state index contributed by atoms with van der Waals surface area (Å²) in [5.74, 6) is 0. The second-order valence-corrected chi connectivity index (χ2v) is 3.11. The molecule has 0 heterocycles. The molecular formula is C11H13IO. The lowest BCUT2D eigenvalue weighted by atomic mass is 10.2. The van der Waals surface area contributed by atoms with Crippen LogP contribution in [0.15, 0.2) is 36.4 Å². The van der Waals surface area contributed by atoms with E-state index < -0.39 is 0 Å². The summed E-state index contributed by atoms with van der Waals surface area (Å²) >= 11 is 1.74. The predicted molar refractivity (Wildman–Crippen MR) is 65.9 cm³/mol. The van der Waals surface area contributed by atoms with E-state index in [0.29, 0.717) is 0 Å². The second kappa shape index (κ2) is 7.98. The average molecular weight is 288 g/mol. The van der Waals surface area contributed by atoms with Gasteiger partial charge < -0.3 is 0 Å². The number of halogens is 1. The molecule has 0 fully saturated rings. The summed E-state index contributed by atoms with van der Waals surface area (Å²) in [7, 11) is 0. The molecule has 0 amide bonds. The standard InChI is InChI=1S/C9H7IO.C2H6/c10-9(11)7-6-8-4-2-1-3-5-8;1-2/h1-7H;1-2H3/b7-6+;. The van der Waals surface area contributed by atoms with Gasteiger partial charge in [-0.3, -0.25) is 4.79 Å². The van der Waals surface area contributed by atoms with Crippen LogP contribution < -0.4 is 0 Å². The Morgan fingerprint density at radius 3 is 2.23 bits per heavy atom. The van der Waals surface area contributed by atoms with Crippen molar-refractivity contribution in [2.24, 2.45) is 0 Å². The van der Waals surface area contributed by atoms with Gasteiger partial charge in [0.05, 0.1) is 0 Å². The molecule has 70 valence electrons. The highest BCUT2D eigenvalue weighted by atomic mass is 127. The summed E-state index contributed by atoms with van der Waals surface area (Å²) in [6.07, 6.45) is 3.35. The maximum absolute atomic E-state index is 10.5. The molecule has 0 atom stereocenters. The number of rotatable bonds is 2. The van der Waals surface area contributed by atoms with Gasteiger partial charge in [-0.05, 0) is 11.6 Å². The van der Waals surface area contributed by atoms with E-state index in [4.69, 9.17) is 0 Å². The Hall–Kier alpha value is -0.640. The van der Waals surface area contributed by atoms with Crippen LogP contribution in [0, 0.1) is 0 Å². The highest BCUT2D eigenvalue weighted by molar-refractivity contribution is 14.1. The highest BCUT2D eigenvalue weighted by Crippen LogP contribution is 2.01. The molecule has 0 aliphatic carbocycles. The van der Waals surface area contributed by atoms with Crippen LogP contribution in [-0.4, -0.2) is 3.79 Å². The third kappa shape index (κ3) is 6.51. The number of carbonyl (C=O) groups excluding carboxylic acids is 1. The largest absolute Gasteiger partial charge is 0.283 e. The SMILES string of the molecule is CC.O=C(I)/C=C/c1ccccc1. The first-order chi connectivity index (χ1) is 6.29. The van der Waals surface area contributed by atoms with Crippen LogP contribution in [-0.2, 0) is 4.79 Å². The van der Waals surface area contributed by atoms with E-state index in [0.717, 1.165) is 5.56 Å². The molecule has 0 spiro atoms. The van der Waals surface area contributed by atoms with E-state index >= 15 is 0 Å². The first kappa shape index (κ1) is 12.4. The summed E-state index contributed by atoms with van der Waals surface area (Å²) in [5.41, 5.74) is 1.05. The van der Waals surface area contributed by atoms with Crippen LogP contribution >= 0.6 is 22.6 Å². The summed E-state index contributed by atoms with van der Waals surface area (Å²) in [5, 5.41) is 0.